The number of carbonyl (C=O) groups is 8. The van der Waals surface area contributed by atoms with Crippen LogP contribution >= 0.6 is 20.7 Å². The minimum absolute atomic E-state index is 0.0681. The molecule has 414 valence electrons. The van der Waals surface area contributed by atoms with Crippen LogP contribution in [0.3, 0.4) is 0 Å². The number of halogens is 1. The number of hydrogen-bond acceptors (Lipinski definition) is 20. The third-order valence-electron chi connectivity index (χ3n) is 10.1. The molecule has 4 aromatic rings. The zero-order valence-electron chi connectivity index (χ0n) is 42.9. The Morgan fingerprint density at radius 2 is 0.797 bits per heavy atom. The molecule has 0 unspecified atom stereocenters. The normalized spacial score (nSPS) is 11.3. The highest BCUT2D eigenvalue weighted by Crippen LogP contribution is 2.32. The van der Waals surface area contributed by atoms with Gasteiger partial charge in [-0.2, -0.15) is 0 Å². The van der Waals surface area contributed by atoms with Crippen LogP contribution in [0, 0.1) is 6.92 Å². The summed E-state index contributed by atoms with van der Waals surface area (Å²) >= 11 is -1.10. The molecule has 0 bridgehead atoms. The van der Waals surface area contributed by atoms with E-state index in [0.717, 1.165) is 24.3 Å². The Hall–Kier alpha value is -9.12. The number of ether oxygens (including phenoxy) is 12. The van der Waals surface area contributed by atoms with E-state index >= 15 is 0 Å². The predicted molar refractivity (Wildman–Crippen MR) is 293 cm³/mol. The molecule has 0 amide bonds. The van der Waals surface area contributed by atoms with Crippen molar-refractivity contribution in [3.05, 3.63) is 174 Å². The molecular formula is C58H55IO20. The van der Waals surface area contributed by atoms with Gasteiger partial charge in [-0.25, -0.2) is 38.4 Å². The molecule has 0 atom stereocenters. The van der Waals surface area contributed by atoms with Crippen molar-refractivity contribution < 1.29 is 95.2 Å². The van der Waals surface area contributed by atoms with Crippen LogP contribution in [0.2, 0.25) is 0 Å². The molecule has 0 spiro atoms. The second kappa shape index (κ2) is 32.5. The highest BCUT2D eigenvalue weighted by molar-refractivity contribution is 14.2. The van der Waals surface area contributed by atoms with Crippen molar-refractivity contribution in [2.24, 2.45) is 0 Å². The van der Waals surface area contributed by atoms with Gasteiger partial charge in [-0.05, 0) is 128 Å². The van der Waals surface area contributed by atoms with Gasteiger partial charge in [-0.15, -0.1) is 0 Å². The van der Waals surface area contributed by atoms with E-state index in [0.29, 0.717) is 46.4 Å². The molecule has 1 aliphatic heterocycles. The fourth-order valence-corrected chi connectivity index (χ4v) is 8.05. The van der Waals surface area contributed by atoms with Crippen LogP contribution in [0.5, 0.6) is 40.2 Å². The maximum absolute atomic E-state index is 13.3. The molecule has 0 radical (unpaired) electrons. The smallest absolute Gasteiger partial charge is 0.344 e. The van der Waals surface area contributed by atoms with Crippen LogP contribution in [-0.4, -0.2) is 104 Å². The van der Waals surface area contributed by atoms with E-state index < -0.39 is 68.5 Å². The van der Waals surface area contributed by atoms with Crippen molar-refractivity contribution in [1.82, 2.24) is 0 Å². The molecule has 79 heavy (non-hydrogen) atoms. The van der Waals surface area contributed by atoms with Gasteiger partial charge >= 0.3 is 47.8 Å². The van der Waals surface area contributed by atoms with Crippen molar-refractivity contribution in [1.29, 1.82) is 0 Å². The molecule has 5 rings (SSSR count). The summed E-state index contributed by atoms with van der Waals surface area (Å²) in [6, 6.07) is 19.0. The molecule has 0 aromatic heterocycles. The van der Waals surface area contributed by atoms with E-state index in [2.05, 4.69) is 26.3 Å². The van der Waals surface area contributed by atoms with E-state index in [1.807, 2.05) is 0 Å². The maximum Gasteiger partial charge on any atom is 0.344 e. The topological polar surface area (TPSA) is 247 Å². The summed E-state index contributed by atoms with van der Waals surface area (Å²) in [6.45, 7) is 16.0. The summed E-state index contributed by atoms with van der Waals surface area (Å²) in [5.74, 6) is -3.53. The van der Waals surface area contributed by atoms with E-state index in [9.17, 15) is 38.4 Å². The van der Waals surface area contributed by atoms with Gasteiger partial charge in [-0.3, -0.25) is 0 Å². The first-order valence-electron chi connectivity index (χ1n) is 24.1. The van der Waals surface area contributed by atoms with Crippen molar-refractivity contribution >= 4 is 72.2 Å². The predicted octanol–water partition coefficient (Wildman–Crippen LogP) is 8.74. The molecule has 0 saturated carbocycles. The molecule has 21 heteroatoms. The van der Waals surface area contributed by atoms with E-state index in [4.69, 9.17) is 56.8 Å². The van der Waals surface area contributed by atoms with Gasteiger partial charge in [0.1, 0.15) is 17.2 Å². The van der Waals surface area contributed by atoms with E-state index in [-0.39, 0.29) is 104 Å². The lowest BCUT2D eigenvalue weighted by atomic mass is 10.2. The highest BCUT2D eigenvalue weighted by atomic mass is 127. The molecule has 0 aliphatic carbocycles. The van der Waals surface area contributed by atoms with E-state index in [1.54, 1.807) is 11.0 Å². The fourth-order valence-electron chi connectivity index (χ4n) is 6.23. The van der Waals surface area contributed by atoms with Crippen LogP contribution in [-0.2, 0) is 47.7 Å². The van der Waals surface area contributed by atoms with Gasteiger partial charge in [0.2, 0.25) is 0 Å². The minimum atomic E-state index is -1.10. The highest BCUT2D eigenvalue weighted by Gasteiger charge is 2.20. The van der Waals surface area contributed by atoms with Gasteiger partial charge < -0.3 is 56.8 Å². The summed E-state index contributed by atoms with van der Waals surface area (Å²) in [7, 11) is 0. The molecule has 0 saturated heterocycles. The monoisotopic (exact) mass is 1200 g/mol. The number of benzene rings is 4. The number of hydrogen-bond donors (Lipinski definition) is 0. The van der Waals surface area contributed by atoms with Crippen molar-refractivity contribution in [2.45, 2.75) is 32.6 Å². The standard InChI is InChI=1S/C58H55IO20/c1-6-51(60)72-30-10-26-68-46-22-16-40(35-48(46)70-28-12-32-74-53(62)8-3)56(65)76-43-19-14-39(15-20-43)55(64)77-44-21-24-45(38(5)34-44)78-58(67)42-18-25-50(59-37-42)79-57(66)41-17-23-47(69-27-11-31-73-52(61)7-2)49(36-41)71-29-13-33-75-54(63)9-4/h6-9,14-25,34-37H,1-4,10-13,26-33H2,5H3. The molecule has 4 aromatic carbocycles. The molecule has 1 aliphatic rings. The van der Waals surface area contributed by atoms with Gasteiger partial charge in [0.15, 0.2) is 26.7 Å². The van der Waals surface area contributed by atoms with E-state index in [1.165, 1.54) is 91.0 Å². The average molecular weight is 1200 g/mol. The minimum Gasteiger partial charge on any atom is -0.490 e. The molecule has 1 heterocycles. The lowest BCUT2D eigenvalue weighted by molar-refractivity contribution is -0.138. The first-order valence-corrected chi connectivity index (χ1v) is 26.5. The molecule has 0 N–H and O–H groups in total. The van der Waals surface area contributed by atoms with Crippen LogP contribution in [0.15, 0.2) is 151 Å². The summed E-state index contributed by atoms with van der Waals surface area (Å²) < 4.78 is 67.7. The Bertz CT molecular complexity index is 3000. The second-order valence-corrected chi connectivity index (χ2v) is 18.2. The lowest BCUT2D eigenvalue weighted by Gasteiger charge is -2.15. The quantitative estimate of drug-likeness (QED) is 0.0111. The van der Waals surface area contributed by atoms with Crippen LogP contribution in [0.4, 0.5) is 0 Å². The molecular weight excluding hydrogens is 1140 g/mol. The van der Waals surface area contributed by atoms with Gasteiger partial charge in [-0.1, -0.05) is 26.3 Å². The van der Waals surface area contributed by atoms with Gasteiger partial charge in [0.25, 0.3) is 0 Å². The SMILES string of the molecule is C=CC(=O)OCCCOc1ccc(C(=O)OC2=IC=C(C(=O)Oc3ccc(OC(=O)c4ccc(OC(=O)c5ccc(OCCCOC(=O)C=C)c(OCCCOC(=O)C=C)c5)cc4)cc3C)C=C2)cc1OCCCOC(=O)C=C. The Balaban J connectivity index is 1.12. The first kappa shape index (κ1) is 60.7. The van der Waals surface area contributed by atoms with Crippen LogP contribution < -0.4 is 33.2 Å². The lowest BCUT2D eigenvalue weighted by Crippen LogP contribution is -2.14. The van der Waals surface area contributed by atoms with Crippen molar-refractivity contribution in [2.75, 3.05) is 52.9 Å². The second-order valence-electron chi connectivity index (χ2n) is 15.9. The molecule has 20 nitrogen and oxygen atoms in total. The number of carbonyl (C=O) groups excluding carboxylic acids is 8. The summed E-state index contributed by atoms with van der Waals surface area (Å²) in [5.41, 5.74) is 1.13. The summed E-state index contributed by atoms with van der Waals surface area (Å²) in [6.07, 6.45) is 8.59. The van der Waals surface area contributed by atoms with Crippen molar-refractivity contribution in [3.63, 3.8) is 0 Å². The average Bonchev–Trinajstić information content (AvgIpc) is 3.48. The fraction of sp³-hybridized carbons (Fsp3) is 0.224. The Morgan fingerprint density at radius 1 is 0.405 bits per heavy atom. The van der Waals surface area contributed by atoms with Crippen molar-refractivity contribution in [3.8, 4) is 40.2 Å². The summed E-state index contributed by atoms with van der Waals surface area (Å²) in [4.78, 5) is 98.3. The third kappa shape index (κ3) is 20.7. The zero-order chi connectivity index (χ0) is 56.9. The number of aryl methyl sites for hydroxylation is 1. The zero-order valence-corrected chi connectivity index (χ0v) is 45.1. The Kier molecular flexibility index (Phi) is 25.0. The Morgan fingerprint density at radius 3 is 1.23 bits per heavy atom. The molecule has 0 fully saturated rings. The number of esters is 8. The third-order valence-corrected chi connectivity index (χ3v) is 12.3. The number of rotatable bonds is 32. The summed E-state index contributed by atoms with van der Waals surface area (Å²) in [5, 5.41) is 0. The van der Waals surface area contributed by atoms with Crippen LogP contribution in [0.25, 0.3) is 0 Å². The first-order chi connectivity index (χ1) is 38.2. The Labute approximate surface area is 464 Å². The largest absolute Gasteiger partial charge is 0.490 e. The maximum atomic E-state index is 13.3. The van der Waals surface area contributed by atoms with Gasteiger partial charge in [0.05, 0.1) is 75.1 Å². The van der Waals surface area contributed by atoms with Crippen LogP contribution in [0.1, 0.15) is 62.3 Å². The van der Waals surface area contributed by atoms with Gasteiger partial charge in [0, 0.05) is 50.0 Å².